The Kier molecular flexibility index (Phi) is 4.87. The number of amides is 1. The average Bonchev–Trinajstić information content (AvgIpc) is 2.43. The number of benzene rings is 1. The van der Waals surface area contributed by atoms with E-state index in [2.05, 4.69) is 10.3 Å². The van der Waals surface area contributed by atoms with Gasteiger partial charge < -0.3 is 5.32 Å². The van der Waals surface area contributed by atoms with Gasteiger partial charge in [0.1, 0.15) is 17.3 Å². The van der Waals surface area contributed by atoms with Gasteiger partial charge in [-0.05, 0) is 53.8 Å². The van der Waals surface area contributed by atoms with Crippen molar-refractivity contribution >= 4 is 34.2 Å². The summed E-state index contributed by atoms with van der Waals surface area (Å²) in [4.78, 5) is 15.3. The van der Waals surface area contributed by atoms with Crippen molar-refractivity contribution in [2.45, 2.75) is 13.1 Å². The van der Waals surface area contributed by atoms with Crippen molar-refractivity contribution in [3.63, 3.8) is 0 Å². The fourth-order valence-corrected chi connectivity index (χ4v) is 2.10. The highest BCUT2D eigenvalue weighted by molar-refractivity contribution is 14.1. The zero-order valence-electron chi connectivity index (χ0n) is 11.4. The number of aromatic nitrogens is 1. The zero-order valence-corrected chi connectivity index (χ0v) is 13.6. The van der Waals surface area contributed by atoms with Crippen LogP contribution < -0.4 is 5.32 Å². The van der Waals surface area contributed by atoms with Crippen molar-refractivity contribution in [2.75, 3.05) is 5.32 Å². The van der Waals surface area contributed by atoms with Crippen LogP contribution in [0.1, 0.15) is 21.7 Å². The molecular formula is C14H8F5IN2O. The van der Waals surface area contributed by atoms with E-state index in [4.69, 9.17) is 0 Å². The molecule has 1 heterocycles. The van der Waals surface area contributed by atoms with Crippen LogP contribution in [0.5, 0.6) is 0 Å². The minimum absolute atomic E-state index is 0.127. The van der Waals surface area contributed by atoms with Gasteiger partial charge in [0, 0.05) is 5.69 Å². The standard InChI is InChI=1S/C14H8F5IN2O/c1-6-8(2-3-11(21-6)14(17,18)19)13(23)22-7-4-9(15)12(20)10(16)5-7/h2-5H,1H3,(H,22,23). The Balaban J connectivity index is 2.28. The third-order valence-corrected chi connectivity index (χ3v) is 3.89. The lowest BCUT2D eigenvalue weighted by atomic mass is 10.1. The van der Waals surface area contributed by atoms with Gasteiger partial charge in [0.15, 0.2) is 0 Å². The van der Waals surface area contributed by atoms with E-state index in [1.165, 1.54) is 29.5 Å². The normalized spacial score (nSPS) is 11.4. The molecule has 0 radical (unpaired) electrons. The van der Waals surface area contributed by atoms with Crippen molar-refractivity contribution in [1.82, 2.24) is 4.98 Å². The number of carbonyl (C=O) groups is 1. The summed E-state index contributed by atoms with van der Waals surface area (Å²) >= 11 is 1.47. The summed E-state index contributed by atoms with van der Waals surface area (Å²) in [6.07, 6.45) is -4.62. The van der Waals surface area contributed by atoms with Crippen LogP contribution in [-0.4, -0.2) is 10.9 Å². The lowest BCUT2D eigenvalue weighted by Gasteiger charge is -2.11. The third kappa shape index (κ3) is 3.95. The summed E-state index contributed by atoms with van der Waals surface area (Å²) in [5.74, 6) is -2.53. The van der Waals surface area contributed by atoms with Crippen LogP contribution in [0.25, 0.3) is 0 Å². The maximum atomic E-state index is 13.4. The predicted molar refractivity (Wildman–Crippen MR) is 81.0 cm³/mol. The molecule has 0 aliphatic rings. The average molecular weight is 442 g/mol. The molecule has 2 rings (SSSR count). The van der Waals surface area contributed by atoms with Crippen LogP contribution in [0.4, 0.5) is 27.6 Å². The first-order chi connectivity index (χ1) is 10.6. The highest BCUT2D eigenvalue weighted by Gasteiger charge is 2.33. The van der Waals surface area contributed by atoms with E-state index in [9.17, 15) is 26.7 Å². The van der Waals surface area contributed by atoms with Crippen LogP contribution in [0.3, 0.4) is 0 Å². The molecule has 0 fully saturated rings. The molecule has 0 bridgehead atoms. The second kappa shape index (κ2) is 6.38. The van der Waals surface area contributed by atoms with Crippen LogP contribution in [0.15, 0.2) is 24.3 Å². The number of hydrogen-bond acceptors (Lipinski definition) is 2. The molecule has 1 N–H and O–H groups in total. The van der Waals surface area contributed by atoms with E-state index in [0.29, 0.717) is 6.07 Å². The first-order valence-electron chi connectivity index (χ1n) is 6.10. The molecule has 1 aromatic carbocycles. The minimum atomic E-state index is -4.62. The van der Waals surface area contributed by atoms with Gasteiger partial charge in [0.05, 0.1) is 14.8 Å². The molecule has 122 valence electrons. The molecule has 0 saturated carbocycles. The van der Waals surface area contributed by atoms with Gasteiger partial charge in [0.2, 0.25) is 0 Å². The van der Waals surface area contributed by atoms with Gasteiger partial charge >= 0.3 is 6.18 Å². The highest BCUT2D eigenvalue weighted by Crippen LogP contribution is 2.28. The molecule has 0 unspecified atom stereocenters. The zero-order chi connectivity index (χ0) is 17.4. The molecule has 0 aliphatic carbocycles. The number of rotatable bonds is 2. The van der Waals surface area contributed by atoms with E-state index < -0.39 is 29.4 Å². The van der Waals surface area contributed by atoms with Crippen LogP contribution in [0, 0.1) is 22.1 Å². The smallest absolute Gasteiger partial charge is 0.322 e. The van der Waals surface area contributed by atoms with E-state index >= 15 is 0 Å². The third-order valence-electron chi connectivity index (χ3n) is 2.86. The Morgan fingerprint density at radius 2 is 1.74 bits per heavy atom. The fraction of sp³-hybridized carbons (Fsp3) is 0.143. The number of nitrogens with one attached hydrogen (secondary N) is 1. The maximum Gasteiger partial charge on any atom is 0.433 e. The number of pyridine rings is 1. The monoisotopic (exact) mass is 442 g/mol. The number of nitrogens with zero attached hydrogens (tertiary/aromatic N) is 1. The summed E-state index contributed by atoms with van der Waals surface area (Å²) in [5, 5.41) is 2.22. The molecule has 0 spiro atoms. The SMILES string of the molecule is Cc1nc(C(F)(F)F)ccc1C(=O)Nc1cc(F)c(I)c(F)c1. The largest absolute Gasteiger partial charge is 0.433 e. The molecule has 1 amide bonds. The Labute approximate surface area is 141 Å². The van der Waals surface area contributed by atoms with Crippen molar-refractivity contribution in [1.29, 1.82) is 0 Å². The number of carbonyl (C=O) groups excluding carboxylic acids is 1. The lowest BCUT2D eigenvalue weighted by molar-refractivity contribution is -0.141. The van der Waals surface area contributed by atoms with Gasteiger partial charge in [-0.25, -0.2) is 13.8 Å². The summed E-state index contributed by atoms with van der Waals surface area (Å²) in [5.41, 5.74) is -1.55. The van der Waals surface area contributed by atoms with Gasteiger partial charge in [-0.2, -0.15) is 13.2 Å². The highest BCUT2D eigenvalue weighted by atomic mass is 127. The predicted octanol–water partition coefficient (Wildman–Crippen LogP) is 4.54. The van der Waals surface area contributed by atoms with Crippen LogP contribution >= 0.6 is 22.6 Å². The summed E-state index contributed by atoms with van der Waals surface area (Å²) in [6.45, 7) is 1.24. The van der Waals surface area contributed by atoms with Gasteiger partial charge in [-0.1, -0.05) is 0 Å². The minimum Gasteiger partial charge on any atom is -0.322 e. The quantitative estimate of drug-likeness (QED) is 0.422. The summed E-state index contributed by atoms with van der Waals surface area (Å²) in [7, 11) is 0. The van der Waals surface area contributed by atoms with Gasteiger partial charge in [0.25, 0.3) is 5.91 Å². The summed E-state index contributed by atoms with van der Waals surface area (Å²) < 4.78 is 64.2. The Hall–Kier alpha value is -1.78. The Bertz CT molecular complexity index is 753. The molecule has 3 nitrogen and oxygen atoms in total. The van der Waals surface area contributed by atoms with Gasteiger partial charge in [-0.3, -0.25) is 4.79 Å². The number of halogens is 6. The van der Waals surface area contributed by atoms with Crippen molar-refractivity contribution in [3.8, 4) is 0 Å². The summed E-state index contributed by atoms with van der Waals surface area (Å²) in [6, 6.07) is 3.45. The molecule has 9 heteroatoms. The molecule has 2 aromatic rings. The van der Waals surface area contributed by atoms with Gasteiger partial charge in [-0.15, -0.1) is 0 Å². The first-order valence-corrected chi connectivity index (χ1v) is 7.18. The van der Waals surface area contributed by atoms with Crippen LogP contribution in [-0.2, 0) is 6.18 Å². The van der Waals surface area contributed by atoms with Crippen LogP contribution in [0.2, 0.25) is 0 Å². The van der Waals surface area contributed by atoms with E-state index in [1.54, 1.807) is 0 Å². The van der Waals surface area contributed by atoms with E-state index in [0.717, 1.165) is 18.2 Å². The number of hydrogen-bond donors (Lipinski definition) is 1. The topological polar surface area (TPSA) is 42.0 Å². The number of anilines is 1. The van der Waals surface area contributed by atoms with Crippen molar-refractivity contribution in [3.05, 3.63) is 56.4 Å². The fourth-order valence-electron chi connectivity index (χ4n) is 1.79. The molecule has 23 heavy (non-hydrogen) atoms. The number of alkyl halides is 3. The Morgan fingerprint density at radius 3 is 2.22 bits per heavy atom. The van der Waals surface area contributed by atoms with E-state index in [-0.39, 0.29) is 20.5 Å². The molecular weight excluding hydrogens is 434 g/mol. The second-order valence-electron chi connectivity index (χ2n) is 4.54. The van der Waals surface area contributed by atoms with Crippen molar-refractivity contribution < 1.29 is 26.7 Å². The molecule has 0 atom stereocenters. The molecule has 0 aliphatic heterocycles. The molecule has 0 saturated heterocycles. The maximum absolute atomic E-state index is 13.4. The lowest BCUT2D eigenvalue weighted by Crippen LogP contribution is -2.17. The van der Waals surface area contributed by atoms with Crippen molar-refractivity contribution in [2.24, 2.45) is 0 Å². The first kappa shape index (κ1) is 17.6. The molecule has 1 aromatic heterocycles. The number of aryl methyl sites for hydroxylation is 1. The van der Waals surface area contributed by atoms with E-state index in [1.807, 2.05) is 0 Å². The second-order valence-corrected chi connectivity index (χ2v) is 5.61. The Morgan fingerprint density at radius 1 is 1.17 bits per heavy atom.